The molecular formula is C20H21N3O4. The molecule has 1 aromatic heterocycles. The minimum Gasteiger partial charge on any atom is -0.497 e. The predicted octanol–water partition coefficient (Wildman–Crippen LogP) is 4.09. The van der Waals surface area contributed by atoms with E-state index in [2.05, 4.69) is 15.6 Å². The Balaban J connectivity index is 1.77. The molecule has 0 atom stereocenters. The Morgan fingerprint density at radius 1 is 1.11 bits per heavy atom. The van der Waals surface area contributed by atoms with Crippen LogP contribution in [0, 0.1) is 6.92 Å². The first kappa shape index (κ1) is 18.4. The fourth-order valence-corrected chi connectivity index (χ4v) is 2.58. The van der Waals surface area contributed by atoms with Gasteiger partial charge in [0, 0.05) is 11.1 Å². The zero-order chi connectivity index (χ0) is 19.2. The third kappa shape index (κ3) is 4.25. The minimum atomic E-state index is -0.305. The van der Waals surface area contributed by atoms with Gasteiger partial charge in [0.15, 0.2) is 5.69 Å². The Morgan fingerprint density at radius 2 is 1.85 bits per heavy atom. The summed E-state index contributed by atoms with van der Waals surface area (Å²) in [6, 6.07) is 12.5. The number of carbonyl (C=O) groups is 1. The van der Waals surface area contributed by atoms with Gasteiger partial charge in [0.1, 0.15) is 11.5 Å². The second kappa shape index (κ2) is 8.35. The van der Waals surface area contributed by atoms with Crippen molar-refractivity contribution in [3.05, 3.63) is 53.6 Å². The van der Waals surface area contributed by atoms with Crippen LogP contribution in [-0.2, 0) is 0 Å². The molecule has 0 bridgehead atoms. The average Bonchev–Trinajstić information content (AvgIpc) is 3.14. The van der Waals surface area contributed by atoms with Gasteiger partial charge in [0.25, 0.3) is 5.91 Å². The smallest absolute Gasteiger partial charge is 0.256 e. The van der Waals surface area contributed by atoms with Crippen molar-refractivity contribution in [2.24, 2.45) is 0 Å². The monoisotopic (exact) mass is 367 g/mol. The average molecular weight is 367 g/mol. The number of benzene rings is 2. The van der Waals surface area contributed by atoms with Crippen molar-refractivity contribution >= 4 is 11.7 Å². The Bertz CT molecular complexity index is 919. The molecule has 0 fully saturated rings. The molecule has 0 unspecified atom stereocenters. The number of rotatable bonds is 7. The van der Waals surface area contributed by atoms with E-state index in [1.165, 1.54) is 0 Å². The fraction of sp³-hybridized carbons (Fsp3) is 0.250. The molecule has 0 aliphatic heterocycles. The van der Waals surface area contributed by atoms with Gasteiger partial charge in [-0.05, 0) is 71.7 Å². The molecule has 0 radical (unpaired) electrons. The number of carbonyl (C=O) groups excluding carboxylic acids is 1. The Morgan fingerprint density at radius 3 is 2.52 bits per heavy atom. The topological polar surface area (TPSA) is 86.5 Å². The molecule has 1 heterocycles. The van der Waals surface area contributed by atoms with Gasteiger partial charge in [0.2, 0.25) is 5.82 Å². The number of anilines is 1. The molecule has 3 rings (SSSR count). The van der Waals surface area contributed by atoms with Crippen molar-refractivity contribution in [1.82, 2.24) is 10.3 Å². The quantitative estimate of drug-likeness (QED) is 0.677. The van der Waals surface area contributed by atoms with Crippen LogP contribution < -0.4 is 14.8 Å². The number of aromatic nitrogens is 2. The Kier molecular flexibility index (Phi) is 5.71. The van der Waals surface area contributed by atoms with Crippen molar-refractivity contribution in [1.29, 1.82) is 0 Å². The second-order valence-electron chi connectivity index (χ2n) is 5.97. The lowest BCUT2D eigenvalue weighted by Crippen LogP contribution is -2.13. The molecule has 7 nitrogen and oxygen atoms in total. The summed E-state index contributed by atoms with van der Waals surface area (Å²) in [7, 11) is 1.61. The summed E-state index contributed by atoms with van der Waals surface area (Å²) in [6.45, 7) is 4.60. The van der Waals surface area contributed by atoms with Gasteiger partial charge in [-0.2, -0.15) is 0 Å². The molecule has 2 aromatic carbocycles. The number of hydrogen-bond donors (Lipinski definition) is 1. The van der Waals surface area contributed by atoms with E-state index in [1.54, 1.807) is 31.4 Å². The SMILES string of the molecule is CCCOc1ccc(C(=O)Nc2nonc2-c2ccc(OC)cc2C)cc1. The van der Waals surface area contributed by atoms with Gasteiger partial charge < -0.3 is 14.8 Å². The molecule has 3 aromatic rings. The van der Waals surface area contributed by atoms with Crippen LogP contribution >= 0.6 is 0 Å². The maximum atomic E-state index is 12.5. The van der Waals surface area contributed by atoms with Gasteiger partial charge in [-0.15, -0.1) is 0 Å². The van der Waals surface area contributed by atoms with E-state index >= 15 is 0 Å². The summed E-state index contributed by atoms with van der Waals surface area (Å²) in [5, 5.41) is 10.5. The van der Waals surface area contributed by atoms with Crippen LogP contribution in [0.3, 0.4) is 0 Å². The molecule has 0 aliphatic carbocycles. The number of methoxy groups -OCH3 is 1. The third-order valence-electron chi connectivity index (χ3n) is 4.00. The molecule has 7 heteroatoms. The Hall–Kier alpha value is -3.35. The summed E-state index contributed by atoms with van der Waals surface area (Å²) in [6.07, 6.45) is 0.926. The second-order valence-corrected chi connectivity index (χ2v) is 5.97. The summed E-state index contributed by atoms with van der Waals surface area (Å²) in [4.78, 5) is 12.5. The largest absolute Gasteiger partial charge is 0.497 e. The molecule has 0 spiro atoms. The number of hydrogen-bond acceptors (Lipinski definition) is 6. The lowest BCUT2D eigenvalue weighted by Gasteiger charge is -2.08. The summed E-state index contributed by atoms with van der Waals surface area (Å²) < 4.78 is 15.6. The highest BCUT2D eigenvalue weighted by Gasteiger charge is 2.18. The summed E-state index contributed by atoms with van der Waals surface area (Å²) in [5.74, 6) is 1.43. The molecule has 1 N–H and O–H groups in total. The standard InChI is InChI=1S/C20H21N3O4/c1-4-11-26-15-7-5-14(6-8-15)20(24)21-19-18(22-27-23-19)17-10-9-16(25-3)12-13(17)2/h5-10,12H,4,11H2,1-3H3,(H,21,23,24). The number of amides is 1. The maximum Gasteiger partial charge on any atom is 0.256 e. The van der Waals surface area contributed by atoms with E-state index in [1.807, 2.05) is 32.0 Å². The number of aryl methyl sites for hydroxylation is 1. The van der Waals surface area contributed by atoms with Crippen LogP contribution in [0.25, 0.3) is 11.3 Å². The lowest BCUT2D eigenvalue weighted by molar-refractivity contribution is 0.102. The summed E-state index contributed by atoms with van der Waals surface area (Å²) in [5.41, 5.74) is 2.68. The van der Waals surface area contributed by atoms with Crippen molar-refractivity contribution in [2.75, 3.05) is 19.0 Å². The van der Waals surface area contributed by atoms with Gasteiger partial charge >= 0.3 is 0 Å². The van der Waals surface area contributed by atoms with Gasteiger partial charge in [0.05, 0.1) is 13.7 Å². The predicted molar refractivity (Wildman–Crippen MR) is 101 cm³/mol. The van der Waals surface area contributed by atoms with Gasteiger partial charge in [-0.3, -0.25) is 4.79 Å². The van der Waals surface area contributed by atoms with Crippen LogP contribution in [0.15, 0.2) is 47.1 Å². The molecule has 0 saturated heterocycles. The van der Waals surface area contributed by atoms with E-state index in [9.17, 15) is 4.79 Å². The highest BCUT2D eigenvalue weighted by Crippen LogP contribution is 2.30. The third-order valence-corrected chi connectivity index (χ3v) is 4.00. The van der Waals surface area contributed by atoms with Crippen LogP contribution in [0.4, 0.5) is 5.82 Å². The van der Waals surface area contributed by atoms with Crippen LogP contribution in [-0.4, -0.2) is 29.9 Å². The van der Waals surface area contributed by atoms with E-state index in [-0.39, 0.29) is 11.7 Å². The minimum absolute atomic E-state index is 0.263. The number of ether oxygens (including phenoxy) is 2. The molecule has 140 valence electrons. The molecule has 27 heavy (non-hydrogen) atoms. The number of nitrogens with one attached hydrogen (secondary N) is 1. The fourth-order valence-electron chi connectivity index (χ4n) is 2.58. The first-order valence-corrected chi connectivity index (χ1v) is 8.64. The maximum absolute atomic E-state index is 12.5. The van der Waals surface area contributed by atoms with E-state index in [0.29, 0.717) is 17.9 Å². The Labute approximate surface area is 157 Å². The van der Waals surface area contributed by atoms with Crippen molar-refractivity contribution < 1.29 is 18.9 Å². The van der Waals surface area contributed by atoms with Crippen LogP contribution in [0.1, 0.15) is 29.3 Å². The summed E-state index contributed by atoms with van der Waals surface area (Å²) >= 11 is 0. The normalized spacial score (nSPS) is 10.5. The molecule has 1 amide bonds. The van der Waals surface area contributed by atoms with Crippen molar-refractivity contribution in [2.45, 2.75) is 20.3 Å². The molecular weight excluding hydrogens is 346 g/mol. The van der Waals surface area contributed by atoms with Gasteiger partial charge in [-0.25, -0.2) is 4.63 Å². The number of nitrogens with zero attached hydrogens (tertiary/aromatic N) is 2. The zero-order valence-corrected chi connectivity index (χ0v) is 15.5. The van der Waals surface area contributed by atoms with Crippen molar-refractivity contribution in [3.8, 4) is 22.8 Å². The zero-order valence-electron chi connectivity index (χ0n) is 15.5. The van der Waals surface area contributed by atoms with E-state index in [4.69, 9.17) is 14.1 Å². The molecule has 0 aliphatic rings. The van der Waals surface area contributed by atoms with E-state index < -0.39 is 0 Å². The van der Waals surface area contributed by atoms with Crippen molar-refractivity contribution in [3.63, 3.8) is 0 Å². The van der Waals surface area contributed by atoms with Gasteiger partial charge in [-0.1, -0.05) is 6.92 Å². The highest BCUT2D eigenvalue weighted by molar-refractivity contribution is 6.05. The first-order chi connectivity index (χ1) is 13.1. The first-order valence-electron chi connectivity index (χ1n) is 8.64. The lowest BCUT2D eigenvalue weighted by atomic mass is 10.1. The highest BCUT2D eigenvalue weighted by atomic mass is 16.6. The molecule has 0 saturated carbocycles. The van der Waals surface area contributed by atoms with Crippen LogP contribution in [0.5, 0.6) is 11.5 Å². The van der Waals surface area contributed by atoms with Crippen LogP contribution in [0.2, 0.25) is 0 Å². The van der Waals surface area contributed by atoms with E-state index in [0.717, 1.165) is 29.0 Å².